The van der Waals surface area contributed by atoms with Crippen molar-refractivity contribution >= 4 is 41.6 Å². The molecular weight excluding hydrogens is 339 g/mol. The number of halogens is 2. The van der Waals surface area contributed by atoms with E-state index in [0.717, 1.165) is 26.1 Å². The van der Waals surface area contributed by atoms with Crippen LogP contribution in [0.2, 0.25) is 5.02 Å². The lowest BCUT2D eigenvalue weighted by molar-refractivity contribution is 0.0766. The van der Waals surface area contributed by atoms with Gasteiger partial charge < -0.3 is 15.5 Å². The highest BCUT2D eigenvalue weighted by atomic mass is 35.5. The van der Waals surface area contributed by atoms with Crippen molar-refractivity contribution in [1.82, 2.24) is 15.5 Å². The zero-order valence-corrected chi connectivity index (χ0v) is 14.3. The van der Waals surface area contributed by atoms with Gasteiger partial charge in [-0.15, -0.1) is 12.4 Å². The number of rotatable bonds is 2. The van der Waals surface area contributed by atoms with Crippen molar-refractivity contribution in [2.45, 2.75) is 6.42 Å². The molecule has 1 aromatic rings. The molecule has 0 aliphatic carbocycles. The Bertz CT molecular complexity index is 589. The molecule has 2 saturated heterocycles. The maximum absolute atomic E-state index is 12.6. The lowest BCUT2D eigenvalue weighted by Crippen LogP contribution is -2.34. The minimum Gasteiger partial charge on any atom is -0.337 e. The molecule has 2 fully saturated rings. The number of benzene rings is 1. The van der Waals surface area contributed by atoms with Gasteiger partial charge in [-0.1, -0.05) is 11.6 Å². The Labute approximate surface area is 146 Å². The maximum Gasteiger partial charge on any atom is 0.322 e. The van der Waals surface area contributed by atoms with Crippen LogP contribution >= 0.6 is 24.0 Å². The molecule has 2 N–H and O–H groups in total. The second-order valence-corrected chi connectivity index (χ2v) is 5.85. The molecule has 0 unspecified atom stereocenters. The quantitative estimate of drug-likeness (QED) is 0.845. The van der Waals surface area contributed by atoms with Crippen LogP contribution < -0.4 is 15.5 Å². The molecule has 0 radical (unpaired) electrons. The molecule has 2 heterocycles. The highest BCUT2D eigenvalue weighted by Gasteiger charge is 2.25. The molecule has 0 saturated carbocycles. The van der Waals surface area contributed by atoms with E-state index in [-0.39, 0.29) is 24.3 Å². The number of hydrogen-bond donors (Lipinski definition) is 2. The Morgan fingerprint density at radius 2 is 1.96 bits per heavy atom. The molecule has 2 aliphatic heterocycles. The van der Waals surface area contributed by atoms with Gasteiger partial charge in [-0.25, -0.2) is 4.79 Å². The van der Waals surface area contributed by atoms with Gasteiger partial charge in [0, 0.05) is 38.3 Å². The fraction of sp³-hybridized carbons (Fsp3) is 0.467. The number of nitrogens with one attached hydrogen (secondary N) is 2. The number of carbonyl (C=O) groups excluding carboxylic acids is 2. The van der Waals surface area contributed by atoms with Crippen LogP contribution in [0.3, 0.4) is 0 Å². The molecule has 0 atom stereocenters. The first-order chi connectivity index (χ1) is 10.7. The van der Waals surface area contributed by atoms with Crippen molar-refractivity contribution in [3.05, 3.63) is 28.8 Å². The Morgan fingerprint density at radius 1 is 1.13 bits per heavy atom. The van der Waals surface area contributed by atoms with E-state index in [1.165, 1.54) is 0 Å². The summed E-state index contributed by atoms with van der Waals surface area (Å²) in [5.41, 5.74) is 1.16. The minimum absolute atomic E-state index is 0. The molecule has 3 amide bonds. The number of hydrogen-bond acceptors (Lipinski definition) is 3. The van der Waals surface area contributed by atoms with Crippen LogP contribution in [0.25, 0.3) is 0 Å². The average molecular weight is 359 g/mol. The van der Waals surface area contributed by atoms with E-state index in [1.54, 1.807) is 23.1 Å². The van der Waals surface area contributed by atoms with Crippen LogP contribution in [0.5, 0.6) is 0 Å². The second kappa shape index (κ2) is 7.86. The summed E-state index contributed by atoms with van der Waals surface area (Å²) >= 11 is 6.20. The van der Waals surface area contributed by atoms with Gasteiger partial charge in [-0.3, -0.25) is 9.69 Å². The molecular formula is C15H20Cl2N4O2. The summed E-state index contributed by atoms with van der Waals surface area (Å²) in [5, 5.41) is 6.50. The van der Waals surface area contributed by atoms with E-state index < -0.39 is 0 Å². The first-order valence-corrected chi connectivity index (χ1v) is 7.89. The van der Waals surface area contributed by atoms with Gasteiger partial charge in [0.2, 0.25) is 0 Å². The highest BCUT2D eigenvalue weighted by molar-refractivity contribution is 6.34. The first-order valence-electron chi connectivity index (χ1n) is 7.52. The van der Waals surface area contributed by atoms with E-state index in [4.69, 9.17) is 11.6 Å². The fourth-order valence-electron chi connectivity index (χ4n) is 2.79. The zero-order valence-electron chi connectivity index (χ0n) is 12.7. The molecule has 2 aliphatic rings. The smallest absolute Gasteiger partial charge is 0.322 e. The van der Waals surface area contributed by atoms with Crippen LogP contribution in [0.1, 0.15) is 16.8 Å². The van der Waals surface area contributed by atoms with Gasteiger partial charge in [0.25, 0.3) is 5.91 Å². The number of nitrogens with zero attached hydrogens (tertiary/aromatic N) is 2. The van der Waals surface area contributed by atoms with E-state index in [1.807, 2.05) is 4.90 Å². The van der Waals surface area contributed by atoms with Crippen molar-refractivity contribution in [3.8, 4) is 0 Å². The van der Waals surface area contributed by atoms with Crippen molar-refractivity contribution in [2.75, 3.05) is 44.2 Å². The summed E-state index contributed by atoms with van der Waals surface area (Å²) < 4.78 is 0. The Hall–Kier alpha value is -1.50. The molecule has 6 nitrogen and oxygen atoms in total. The number of carbonyl (C=O) groups is 2. The summed E-state index contributed by atoms with van der Waals surface area (Å²) in [4.78, 5) is 27.9. The van der Waals surface area contributed by atoms with Crippen LogP contribution in [-0.2, 0) is 0 Å². The molecule has 8 heteroatoms. The van der Waals surface area contributed by atoms with Crippen LogP contribution in [0.15, 0.2) is 18.2 Å². The van der Waals surface area contributed by atoms with Gasteiger partial charge in [-0.05, 0) is 31.2 Å². The highest BCUT2D eigenvalue weighted by Crippen LogP contribution is 2.28. The fourth-order valence-corrected chi connectivity index (χ4v) is 3.00. The monoisotopic (exact) mass is 358 g/mol. The largest absolute Gasteiger partial charge is 0.337 e. The Morgan fingerprint density at radius 3 is 2.70 bits per heavy atom. The normalized spacial score (nSPS) is 18.2. The lowest BCUT2D eigenvalue weighted by Gasteiger charge is -2.22. The van der Waals surface area contributed by atoms with Gasteiger partial charge >= 0.3 is 6.03 Å². The van der Waals surface area contributed by atoms with Crippen LogP contribution in [0.4, 0.5) is 10.5 Å². The second-order valence-electron chi connectivity index (χ2n) is 5.45. The van der Waals surface area contributed by atoms with E-state index in [2.05, 4.69) is 10.6 Å². The van der Waals surface area contributed by atoms with Gasteiger partial charge in [0.1, 0.15) is 0 Å². The van der Waals surface area contributed by atoms with Crippen molar-refractivity contribution in [2.24, 2.45) is 0 Å². The third-order valence-electron chi connectivity index (χ3n) is 3.97. The number of amides is 3. The van der Waals surface area contributed by atoms with Gasteiger partial charge in [0.15, 0.2) is 0 Å². The molecule has 126 valence electrons. The Kier molecular flexibility index (Phi) is 6.10. The number of urea groups is 1. The summed E-state index contributed by atoms with van der Waals surface area (Å²) in [6, 6.07) is 4.95. The lowest BCUT2D eigenvalue weighted by atomic mass is 10.1. The molecule has 0 aromatic heterocycles. The van der Waals surface area contributed by atoms with Crippen molar-refractivity contribution in [3.63, 3.8) is 0 Å². The molecule has 3 rings (SSSR count). The SMILES string of the molecule is Cl.O=C(c1ccc(Cl)c(N2CCNC2=O)c1)N1CCCNCC1. The minimum atomic E-state index is -0.175. The standard InChI is InChI=1S/C15H19ClN4O2.ClH/c16-12-3-2-11(10-13(12)20-9-6-18-15(20)22)14(21)19-7-1-4-17-5-8-19;/h2-3,10,17H,1,4-9H2,(H,18,22);1H. The summed E-state index contributed by atoms with van der Waals surface area (Å²) in [6.07, 6.45) is 0.945. The molecule has 1 aromatic carbocycles. The van der Waals surface area contributed by atoms with Crippen LogP contribution in [-0.4, -0.2) is 56.1 Å². The summed E-state index contributed by atoms with van der Waals surface area (Å²) in [7, 11) is 0. The molecule has 0 bridgehead atoms. The topological polar surface area (TPSA) is 64.7 Å². The summed E-state index contributed by atoms with van der Waals surface area (Å²) in [5.74, 6) is -0.0128. The van der Waals surface area contributed by atoms with Crippen molar-refractivity contribution in [1.29, 1.82) is 0 Å². The first kappa shape index (κ1) is 17.8. The van der Waals surface area contributed by atoms with Crippen LogP contribution in [0, 0.1) is 0 Å². The van der Waals surface area contributed by atoms with E-state index >= 15 is 0 Å². The predicted octanol–water partition coefficient (Wildman–Crippen LogP) is 1.73. The molecule has 0 spiro atoms. The predicted molar refractivity (Wildman–Crippen MR) is 92.8 cm³/mol. The maximum atomic E-state index is 12.6. The van der Waals surface area contributed by atoms with Gasteiger partial charge in [0.05, 0.1) is 10.7 Å². The molecule has 23 heavy (non-hydrogen) atoms. The zero-order chi connectivity index (χ0) is 15.5. The van der Waals surface area contributed by atoms with E-state index in [9.17, 15) is 9.59 Å². The number of anilines is 1. The van der Waals surface area contributed by atoms with E-state index in [0.29, 0.717) is 35.9 Å². The van der Waals surface area contributed by atoms with Crippen molar-refractivity contribution < 1.29 is 9.59 Å². The Balaban J connectivity index is 0.00000192. The third-order valence-corrected chi connectivity index (χ3v) is 4.29. The average Bonchev–Trinajstić information content (AvgIpc) is 2.78. The summed E-state index contributed by atoms with van der Waals surface area (Å²) in [6.45, 7) is 4.33. The van der Waals surface area contributed by atoms with Gasteiger partial charge in [-0.2, -0.15) is 0 Å². The third kappa shape index (κ3) is 3.88.